The van der Waals surface area contributed by atoms with E-state index in [1.165, 1.54) is 0 Å². The van der Waals surface area contributed by atoms with Gasteiger partial charge in [0.1, 0.15) is 0 Å². The molecule has 6 heteroatoms. The summed E-state index contributed by atoms with van der Waals surface area (Å²) in [5.74, 6) is 0. The molecule has 0 aliphatic carbocycles. The van der Waals surface area contributed by atoms with Crippen LogP contribution in [0.5, 0.6) is 0 Å². The number of unbranched alkanes of at least 4 members (excludes halogenated alkanes) is 4. The first kappa shape index (κ1) is 17.9. The molecule has 0 bridgehead atoms. The molecule has 5 nitrogen and oxygen atoms in total. The van der Waals surface area contributed by atoms with E-state index in [0.29, 0.717) is 6.42 Å². The molecule has 0 aliphatic rings. The smallest absolute Gasteiger partial charge is 0.211 e. The molecule has 0 spiro atoms. The van der Waals surface area contributed by atoms with Crippen LogP contribution in [0, 0.1) is 22.7 Å². The molecular formula is C13H23N3O2S. The molecular weight excluding hydrogens is 262 g/mol. The highest BCUT2D eigenvalue weighted by Gasteiger charge is 2.41. The molecule has 0 fully saturated rings. The van der Waals surface area contributed by atoms with Crippen molar-refractivity contribution in [2.75, 3.05) is 6.54 Å². The summed E-state index contributed by atoms with van der Waals surface area (Å²) in [7, 11) is -3.77. The molecule has 0 aliphatic heterocycles. The van der Waals surface area contributed by atoms with Gasteiger partial charge in [-0.25, -0.2) is 8.42 Å². The second-order valence-electron chi connectivity index (χ2n) is 4.61. The summed E-state index contributed by atoms with van der Waals surface area (Å²) >= 11 is 0. The fourth-order valence-electron chi connectivity index (χ4n) is 1.98. The Bertz CT molecular complexity index is 434. The van der Waals surface area contributed by atoms with Crippen molar-refractivity contribution in [3.05, 3.63) is 0 Å². The number of nitrogens with zero attached hydrogens (tertiary/aromatic N) is 2. The summed E-state index contributed by atoms with van der Waals surface area (Å²) < 4.78 is 25.0. The van der Waals surface area contributed by atoms with Crippen molar-refractivity contribution < 1.29 is 8.42 Å². The largest absolute Gasteiger partial charge is 0.231 e. The highest BCUT2D eigenvalue weighted by atomic mass is 32.2. The van der Waals surface area contributed by atoms with E-state index in [-0.39, 0.29) is 13.0 Å². The number of nitrogens with one attached hydrogen (secondary N) is 1. The van der Waals surface area contributed by atoms with Gasteiger partial charge < -0.3 is 0 Å². The second-order valence-corrected chi connectivity index (χ2v) is 6.68. The van der Waals surface area contributed by atoms with Crippen LogP contribution in [-0.4, -0.2) is 19.7 Å². The first-order chi connectivity index (χ1) is 8.99. The van der Waals surface area contributed by atoms with Gasteiger partial charge in [-0.05, 0) is 12.8 Å². The van der Waals surface area contributed by atoms with E-state index in [0.717, 1.165) is 32.1 Å². The van der Waals surface area contributed by atoms with Crippen LogP contribution >= 0.6 is 0 Å². The molecule has 0 aromatic heterocycles. The van der Waals surface area contributed by atoms with E-state index >= 15 is 0 Å². The van der Waals surface area contributed by atoms with Gasteiger partial charge in [0.25, 0.3) is 0 Å². The summed E-state index contributed by atoms with van der Waals surface area (Å²) in [4.78, 5) is 0. The maximum atomic E-state index is 12.1. The third-order valence-corrected chi connectivity index (χ3v) is 5.45. The van der Waals surface area contributed by atoms with Gasteiger partial charge in [-0.2, -0.15) is 15.2 Å². The first-order valence-electron chi connectivity index (χ1n) is 6.77. The van der Waals surface area contributed by atoms with Gasteiger partial charge in [0.2, 0.25) is 10.0 Å². The molecule has 0 heterocycles. The zero-order chi connectivity index (χ0) is 14.8. The predicted octanol–water partition coefficient (Wildman–Crippen LogP) is 2.46. The third kappa shape index (κ3) is 5.18. The summed E-state index contributed by atoms with van der Waals surface area (Å²) in [6, 6.07) is 3.67. The lowest BCUT2D eigenvalue weighted by molar-refractivity contribution is 0.495. The number of rotatable bonds is 10. The summed E-state index contributed by atoms with van der Waals surface area (Å²) in [5, 5.41) is 17.7. The minimum absolute atomic E-state index is 0.234. The molecule has 0 saturated carbocycles. The van der Waals surface area contributed by atoms with E-state index in [9.17, 15) is 13.7 Å². The molecule has 0 radical (unpaired) electrons. The van der Waals surface area contributed by atoms with E-state index in [1.54, 1.807) is 13.0 Å². The first-order valence-corrected chi connectivity index (χ1v) is 8.25. The third-order valence-electron chi connectivity index (χ3n) is 3.31. The van der Waals surface area contributed by atoms with Crippen LogP contribution in [0.3, 0.4) is 0 Å². The highest BCUT2D eigenvalue weighted by molar-refractivity contribution is 7.91. The normalized spacial score (nSPS) is 14.3. The zero-order valence-corrected chi connectivity index (χ0v) is 12.6. The van der Waals surface area contributed by atoms with Crippen LogP contribution in [-0.2, 0) is 10.0 Å². The minimum Gasteiger partial charge on any atom is -0.211 e. The standard InChI is InChI=1S/C13H23N3O2S/c1-3-5-6-7-8-9-13(4-2,12-15)19(17,18)16-11-10-14/h16H,3-9,11H2,1-2H3. The maximum absolute atomic E-state index is 12.1. The van der Waals surface area contributed by atoms with Crippen LogP contribution < -0.4 is 4.72 Å². The van der Waals surface area contributed by atoms with Crippen molar-refractivity contribution in [3.63, 3.8) is 0 Å². The monoisotopic (exact) mass is 285 g/mol. The van der Waals surface area contributed by atoms with Crippen LogP contribution in [0.15, 0.2) is 0 Å². The predicted molar refractivity (Wildman–Crippen MR) is 74.5 cm³/mol. The maximum Gasteiger partial charge on any atom is 0.231 e. The van der Waals surface area contributed by atoms with Gasteiger partial charge in [-0.15, -0.1) is 0 Å². The van der Waals surface area contributed by atoms with Gasteiger partial charge in [0, 0.05) is 0 Å². The van der Waals surface area contributed by atoms with Crippen LogP contribution in [0.1, 0.15) is 58.8 Å². The summed E-state index contributed by atoms with van der Waals surface area (Å²) in [6.07, 6.45) is 5.53. The SMILES string of the molecule is CCCCCCCC(C#N)(CC)S(=O)(=O)NCC#N. The Kier molecular flexibility index (Phi) is 8.38. The van der Waals surface area contributed by atoms with Crippen molar-refractivity contribution in [1.82, 2.24) is 4.72 Å². The van der Waals surface area contributed by atoms with Gasteiger partial charge >= 0.3 is 0 Å². The minimum atomic E-state index is -3.77. The number of hydrogen-bond acceptors (Lipinski definition) is 4. The van der Waals surface area contributed by atoms with Crippen LogP contribution in [0.25, 0.3) is 0 Å². The Balaban J connectivity index is 4.68. The molecule has 0 aromatic carbocycles. The fourth-order valence-corrected chi connectivity index (χ4v) is 3.42. The number of nitriles is 2. The zero-order valence-electron chi connectivity index (χ0n) is 11.8. The van der Waals surface area contributed by atoms with E-state index in [1.807, 2.05) is 6.07 Å². The highest BCUT2D eigenvalue weighted by Crippen LogP contribution is 2.27. The van der Waals surface area contributed by atoms with E-state index in [2.05, 4.69) is 11.6 Å². The van der Waals surface area contributed by atoms with E-state index < -0.39 is 14.8 Å². The Morgan fingerprint density at radius 2 is 1.74 bits per heavy atom. The van der Waals surface area contributed by atoms with Crippen molar-refractivity contribution in [2.45, 2.75) is 63.5 Å². The second kappa shape index (κ2) is 8.90. The van der Waals surface area contributed by atoms with Crippen molar-refractivity contribution in [1.29, 1.82) is 10.5 Å². The molecule has 0 amide bonds. The van der Waals surface area contributed by atoms with Gasteiger partial charge in [-0.3, -0.25) is 0 Å². The van der Waals surface area contributed by atoms with Crippen LogP contribution in [0.4, 0.5) is 0 Å². The summed E-state index contributed by atoms with van der Waals surface area (Å²) in [5.41, 5.74) is 0. The molecule has 0 aromatic rings. The summed E-state index contributed by atoms with van der Waals surface area (Å²) in [6.45, 7) is 3.52. The molecule has 1 N–H and O–H groups in total. The Hall–Kier alpha value is -1.11. The van der Waals surface area contributed by atoms with Gasteiger partial charge in [-0.1, -0.05) is 46.0 Å². The average molecular weight is 285 g/mol. The Labute approximate surface area is 116 Å². The van der Waals surface area contributed by atoms with Gasteiger partial charge in [0.15, 0.2) is 4.75 Å². The lowest BCUT2D eigenvalue weighted by atomic mass is 9.98. The average Bonchev–Trinajstić information content (AvgIpc) is 2.41. The van der Waals surface area contributed by atoms with Crippen LogP contribution in [0.2, 0.25) is 0 Å². The Morgan fingerprint density at radius 1 is 1.11 bits per heavy atom. The fraction of sp³-hybridized carbons (Fsp3) is 0.846. The quantitative estimate of drug-likeness (QED) is 0.493. The molecule has 1 atom stereocenters. The molecule has 108 valence electrons. The Morgan fingerprint density at radius 3 is 2.21 bits per heavy atom. The van der Waals surface area contributed by atoms with Crippen molar-refractivity contribution >= 4 is 10.0 Å². The number of hydrogen-bond donors (Lipinski definition) is 1. The van der Waals surface area contributed by atoms with Gasteiger partial charge in [0.05, 0.1) is 18.7 Å². The molecule has 0 rings (SSSR count). The molecule has 19 heavy (non-hydrogen) atoms. The molecule has 0 saturated heterocycles. The molecule has 1 unspecified atom stereocenters. The lowest BCUT2D eigenvalue weighted by Crippen LogP contribution is -2.45. The lowest BCUT2D eigenvalue weighted by Gasteiger charge is -2.24. The van der Waals surface area contributed by atoms with Crippen molar-refractivity contribution in [2.24, 2.45) is 0 Å². The van der Waals surface area contributed by atoms with E-state index in [4.69, 9.17) is 5.26 Å². The number of sulfonamides is 1. The van der Waals surface area contributed by atoms with Crippen molar-refractivity contribution in [3.8, 4) is 12.1 Å². The topological polar surface area (TPSA) is 93.8 Å².